The Kier molecular flexibility index (Phi) is 4.09. The molecule has 0 aromatic carbocycles. The molecule has 1 aliphatic heterocycles. The van der Waals surface area contributed by atoms with Crippen LogP contribution in [0.1, 0.15) is 46.5 Å². The Balaban J connectivity index is 2.12. The third-order valence-corrected chi connectivity index (χ3v) is 4.99. The lowest BCUT2D eigenvalue weighted by atomic mass is 9.90. The van der Waals surface area contributed by atoms with Gasteiger partial charge in [0.05, 0.1) is 0 Å². The molecule has 1 saturated heterocycles. The van der Waals surface area contributed by atoms with E-state index in [0.717, 1.165) is 19.3 Å². The molecule has 2 amide bonds. The molecule has 2 rings (SSSR count). The van der Waals surface area contributed by atoms with Crippen LogP contribution in [0, 0.1) is 5.41 Å². The number of methoxy groups -OCH3 is 1. The average molecular weight is 282 g/mol. The first-order chi connectivity index (χ1) is 9.37. The highest BCUT2D eigenvalue weighted by Gasteiger charge is 2.51. The summed E-state index contributed by atoms with van der Waals surface area (Å²) in [6.45, 7) is 6.97. The van der Waals surface area contributed by atoms with Crippen molar-refractivity contribution in [3.8, 4) is 0 Å². The van der Waals surface area contributed by atoms with Crippen LogP contribution in [-0.2, 0) is 14.3 Å². The van der Waals surface area contributed by atoms with Crippen LogP contribution in [0.5, 0.6) is 0 Å². The highest BCUT2D eigenvalue weighted by atomic mass is 16.5. The Morgan fingerprint density at radius 3 is 2.55 bits per heavy atom. The summed E-state index contributed by atoms with van der Waals surface area (Å²) in [5.74, 6) is 0.00674. The molecule has 0 aromatic heterocycles. The first-order valence-electron chi connectivity index (χ1n) is 7.49. The van der Waals surface area contributed by atoms with Crippen molar-refractivity contribution in [1.29, 1.82) is 0 Å². The Labute approximate surface area is 121 Å². The lowest BCUT2D eigenvalue weighted by Gasteiger charge is -2.44. The summed E-state index contributed by atoms with van der Waals surface area (Å²) in [4.78, 5) is 26.6. The third kappa shape index (κ3) is 2.68. The van der Waals surface area contributed by atoms with Crippen molar-refractivity contribution in [3.63, 3.8) is 0 Å². The summed E-state index contributed by atoms with van der Waals surface area (Å²) in [5.41, 5.74) is -0.576. The fourth-order valence-corrected chi connectivity index (χ4v) is 2.86. The second-order valence-corrected chi connectivity index (χ2v) is 6.53. The SMILES string of the molecule is CCC1(C)NC(=O)C(C)N(CC2(CCOC)CC2)C1=O. The summed E-state index contributed by atoms with van der Waals surface area (Å²) in [7, 11) is 1.70. The Morgan fingerprint density at radius 2 is 2.05 bits per heavy atom. The van der Waals surface area contributed by atoms with Gasteiger partial charge in [0.25, 0.3) is 0 Å². The Hall–Kier alpha value is -1.10. The van der Waals surface area contributed by atoms with Gasteiger partial charge < -0.3 is 15.0 Å². The van der Waals surface area contributed by atoms with E-state index in [1.165, 1.54) is 0 Å². The summed E-state index contributed by atoms with van der Waals surface area (Å²) in [5, 5.41) is 2.87. The lowest BCUT2D eigenvalue weighted by molar-refractivity contribution is -0.154. The van der Waals surface area contributed by atoms with Crippen molar-refractivity contribution in [1.82, 2.24) is 10.2 Å². The number of amides is 2. The number of carbonyl (C=O) groups is 2. The van der Waals surface area contributed by atoms with Gasteiger partial charge in [0.2, 0.25) is 11.8 Å². The fourth-order valence-electron chi connectivity index (χ4n) is 2.86. The monoisotopic (exact) mass is 282 g/mol. The summed E-state index contributed by atoms with van der Waals surface area (Å²) >= 11 is 0. The molecule has 1 saturated carbocycles. The molecule has 2 atom stereocenters. The minimum atomic E-state index is -0.749. The molecule has 0 radical (unpaired) electrons. The minimum Gasteiger partial charge on any atom is -0.385 e. The zero-order chi connectivity index (χ0) is 15.0. The molecule has 20 heavy (non-hydrogen) atoms. The van der Waals surface area contributed by atoms with Gasteiger partial charge >= 0.3 is 0 Å². The molecule has 1 heterocycles. The summed E-state index contributed by atoms with van der Waals surface area (Å²) < 4.78 is 5.16. The van der Waals surface area contributed by atoms with Gasteiger partial charge in [0, 0.05) is 20.3 Å². The quantitative estimate of drug-likeness (QED) is 0.799. The number of hydrogen-bond donors (Lipinski definition) is 1. The number of carbonyl (C=O) groups excluding carboxylic acids is 2. The van der Waals surface area contributed by atoms with E-state index in [1.807, 2.05) is 20.8 Å². The first-order valence-corrected chi connectivity index (χ1v) is 7.49. The Morgan fingerprint density at radius 1 is 1.40 bits per heavy atom. The second kappa shape index (κ2) is 5.35. The number of hydrogen-bond acceptors (Lipinski definition) is 3. The van der Waals surface area contributed by atoms with Crippen molar-refractivity contribution in [3.05, 3.63) is 0 Å². The fraction of sp³-hybridized carbons (Fsp3) is 0.867. The largest absolute Gasteiger partial charge is 0.385 e. The van der Waals surface area contributed by atoms with Crippen molar-refractivity contribution in [2.75, 3.05) is 20.3 Å². The normalized spacial score (nSPS) is 32.2. The van der Waals surface area contributed by atoms with Gasteiger partial charge in [-0.1, -0.05) is 6.92 Å². The highest BCUT2D eigenvalue weighted by molar-refractivity contribution is 5.99. The van der Waals surface area contributed by atoms with Gasteiger partial charge in [-0.25, -0.2) is 0 Å². The van der Waals surface area contributed by atoms with Crippen LogP contribution in [0.25, 0.3) is 0 Å². The molecule has 114 valence electrons. The molecule has 2 unspecified atom stereocenters. The predicted octanol–water partition coefficient (Wildman–Crippen LogP) is 1.32. The molecule has 1 N–H and O–H groups in total. The van der Waals surface area contributed by atoms with Gasteiger partial charge in [-0.15, -0.1) is 0 Å². The minimum absolute atomic E-state index is 0.0449. The Bertz CT molecular complexity index is 406. The van der Waals surface area contributed by atoms with E-state index in [1.54, 1.807) is 12.0 Å². The van der Waals surface area contributed by atoms with E-state index in [9.17, 15) is 9.59 Å². The van der Waals surface area contributed by atoms with E-state index < -0.39 is 5.54 Å². The number of piperazine rings is 1. The average Bonchev–Trinajstić information content (AvgIpc) is 3.19. The summed E-state index contributed by atoms with van der Waals surface area (Å²) in [6, 6.07) is -0.373. The zero-order valence-electron chi connectivity index (χ0n) is 13.0. The molecule has 2 aliphatic rings. The van der Waals surface area contributed by atoms with Crippen molar-refractivity contribution >= 4 is 11.8 Å². The van der Waals surface area contributed by atoms with Crippen molar-refractivity contribution < 1.29 is 14.3 Å². The molecular weight excluding hydrogens is 256 g/mol. The molecule has 0 spiro atoms. The van der Waals surface area contributed by atoms with Gasteiger partial charge in [-0.3, -0.25) is 9.59 Å². The van der Waals surface area contributed by atoms with Gasteiger partial charge in [-0.2, -0.15) is 0 Å². The van der Waals surface area contributed by atoms with Crippen LogP contribution in [0.4, 0.5) is 0 Å². The number of nitrogens with one attached hydrogen (secondary N) is 1. The number of nitrogens with zero attached hydrogens (tertiary/aromatic N) is 1. The van der Waals surface area contributed by atoms with E-state index in [-0.39, 0.29) is 23.3 Å². The molecular formula is C15H26N2O3. The topological polar surface area (TPSA) is 58.6 Å². The predicted molar refractivity (Wildman–Crippen MR) is 76.2 cm³/mol. The van der Waals surface area contributed by atoms with Crippen molar-refractivity contribution in [2.24, 2.45) is 5.41 Å². The van der Waals surface area contributed by atoms with E-state index in [2.05, 4.69) is 5.32 Å². The molecule has 0 bridgehead atoms. The molecule has 0 aromatic rings. The van der Waals surface area contributed by atoms with Crippen LogP contribution in [0.2, 0.25) is 0 Å². The maximum absolute atomic E-state index is 12.7. The van der Waals surface area contributed by atoms with Crippen LogP contribution in [-0.4, -0.2) is 48.6 Å². The molecule has 2 fully saturated rings. The molecule has 5 heteroatoms. The van der Waals surface area contributed by atoms with Gasteiger partial charge in [0.1, 0.15) is 11.6 Å². The molecule has 5 nitrogen and oxygen atoms in total. The standard InChI is InChI=1S/C15H26N2O3/c1-5-14(3)13(19)17(11(2)12(18)16-14)10-15(6-7-15)8-9-20-4/h11H,5-10H2,1-4H3,(H,16,18). The third-order valence-electron chi connectivity index (χ3n) is 4.99. The van der Waals surface area contributed by atoms with Crippen LogP contribution in [0.15, 0.2) is 0 Å². The van der Waals surface area contributed by atoms with E-state index in [4.69, 9.17) is 4.74 Å². The number of rotatable bonds is 6. The van der Waals surface area contributed by atoms with E-state index in [0.29, 0.717) is 19.6 Å². The first kappa shape index (κ1) is 15.3. The van der Waals surface area contributed by atoms with Gasteiger partial charge in [-0.05, 0) is 44.9 Å². The number of ether oxygens (including phenoxy) is 1. The lowest BCUT2D eigenvalue weighted by Crippen LogP contribution is -2.69. The van der Waals surface area contributed by atoms with Gasteiger partial charge in [0.15, 0.2) is 0 Å². The van der Waals surface area contributed by atoms with Crippen LogP contribution in [0.3, 0.4) is 0 Å². The second-order valence-electron chi connectivity index (χ2n) is 6.53. The van der Waals surface area contributed by atoms with Crippen LogP contribution < -0.4 is 5.32 Å². The zero-order valence-corrected chi connectivity index (χ0v) is 13.0. The highest BCUT2D eigenvalue weighted by Crippen LogP contribution is 2.50. The maximum atomic E-state index is 12.7. The van der Waals surface area contributed by atoms with E-state index >= 15 is 0 Å². The van der Waals surface area contributed by atoms with Crippen molar-refractivity contribution in [2.45, 2.75) is 58.0 Å². The summed E-state index contributed by atoms with van der Waals surface area (Å²) in [6.07, 6.45) is 3.82. The van der Waals surface area contributed by atoms with Crippen LogP contribution >= 0.6 is 0 Å². The molecule has 1 aliphatic carbocycles. The maximum Gasteiger partial charge on any atom is 0.248 e. The smallest absolute Gasteiger partial charge is 0.248 e.